The Morgan fingerprint density at radius 2 is 0.863 bits per heavy atom. The summed E-state index contributed by atoms with van der Waals surface area (Å²) in [6.45, 7) is 2.89. The highest BCUT2D eigenvalue weighted by Gasteiger charge is 2.37. The largest absolute Gasteiger partial charge is 0.508 e. The lowest BCUT2D eigenvalue weighted by Crippen LogP contribution is -2.62. The van der Waals surface area contributed by atoms with Crippen LogP contribution in [0.1, 0.15) is 62.6 Å². The molecule has 0 radical (unpaired) electrons. The quantitative estimate of drug-likeness (QED) is 0.0156. The summed E-state index contributed by atoms with van der Waals surface area (Å²) in [6, 6.07) is 8.74. The van der Waals surface area contributed by atoms with Crippen molar-refractivity contribution in [3.05, 3.63) is 102 Å². The van der Waals surface area contributed by atoms with E-state index in [-0.39, 0.29) is 129 Å². The number of phenols is 1. The second-order valence-electron chi connectivity index (χ2n) is 25.0. The monoisotopic (exact) mass is 1460 g/mol. The van der Waals surface area contributed by atoms with Gasteiger partial charge in [0.2, 0.25) is 47.3 Å². The third kappa shape index (κ3) is 28.8. The molecule has 0 unspecified atom stereocenters. The highest BCUT2D eigenvalue weighted by Crippen LogP contribution is 2.21. The van der Waals surface area contributed by atoms with E-state index < -0.39 is 137 Å². The van der Waals surface area contributed by atoms with Gasteiger partial charge in [0.15, 0.2) is 6.04 Å². The van der Waals surface area contributed by atoms with Crippen molar-refractivity contribution in [2.45, 2.75) is 126 Å². The number of aliphatic hydroxyl groups excluding tert-OH is 2. The number of nitrogens with two attached hydrogens (primary N) is 1. The van der Waals surface area contributed by atoms with Gasteiger partial charge in [-0.2, -0.15) is 25.3 Å². The van der Waals surface area contributed by atoms with Crippen LogP contribution in [0.3, 0.4) is 0 Å². The number of benzene rings is 3. The molecule has 33 nitrogen and oxygen atoms in total. The van der Waals surface area contributed by atoms with Crippen molar-refractivity contribution in [1.82, 2.24) is 67.1 Å². The van der Waals surface area contributed by atoms with Gasteiger partial charge >= 0.3 is 23.9 Å². The van der Waals surface area contributed by atoms with E-state index in [0.29, 0.717) is 46.9 Å². The van der Waals surface area contributed by atoms with Gasteiger partial charge in [0.05, 0.1) is 38.4 Å². The molecule has 1 saturated heterocycles. The fraction of sp³-hybridized carbons (Fsp3) is 0.522. The molecule has 1 fully saturated rings. The average Bonchev–Trinajstić information content (AvgIpc) is 1.60. The van der Waals surface area contributed by atoms with Crippen LogP contribution < -0.4 is 48.3 Å². The highest BCUT2D eigenvalue weighted by molar-refractivity contribution is 7.80. The number of aromatic amines is 1. The molecule has 0 saturated carbocycles. The summed E-state index contributed by atoms with van der Waals surface area (Å²) in [5.74, 6) is -13.3. The Balaban J connectivity index is 1.42. The molecule has 102 heavy (non-hydrogen) atoms. The van der Waals surface area contributed by atoms with Crippen molar-refractivity contribution < 1.29 is 93.3 Å². The molecule has 18 N–H and O–H groups in total. The Hall–Kier alpha value is -8.94. The molecule has 1 aliphatic rings. The minimum atomic E-state index is -1.80. The van der Waals surface area contributed by atoms with Crippen LogP contribution >= 0.6 is 25.3 Å². The van der Waals surface area contributed by atoms with Crippen LogP contribution in [0.15, 0.2) is 85.1 Å². The maximum absolute atomic E-state index is 15.1. The second-order valence-corrected chi connectivity index (χ2v) is 25.7. The SMILES string of the molecule is C[C@@H](O)[C@H](NC(=O)[C@H](CS)NC(=O)[C@@H](NC(=O)[C@H](CCCCN)NC(=O)[C@@H](Cc1c[nH]c2ccccc12)NC(=O)[C@H](Cc1ccc(O)cc1)NC(=O)[C@H](CS)NC(=O)[C@@H](Cc1ccccc1)NC(=O)CN1CCCN(CC(=O)O)CCN(CC(=O)O)CCCN(CC(=O)O)CC1)[C@@H](C)O)C(=O)O. The first kappa shape index (κ1) is 83.7. The normalized spacial score (nSPS) is 16.8. The van der Waals surface area contributed by atoms with Crippen molar-refractivity contribution in [1.29, 1.82) is 0 Å². The molecule has 0 aliphatic carbocycles. The van der Waals surface area contributed by atoms with Gasteiger partial charge < -0.3 is 89.0 Å². The van der Waals surface area contributed by atoms with E-state index >= 15 is 4.79 Å². The molecule has 5 rings (SSSR count). The lowest BCUT2D eigenvalue weighted by molar-refractivity contribution is -0.145. The number of H-pyrrole nitrogens is 1. The fourth-order valence-corrected chi connectivity index (χ4v) is 11.9. The lowest BCUT2D eigenvalue weighted by atomic mass is 10.0. The summed E-state index contributed by atoms with van der Waals surface area (Å²) in [5, 5.41) is 90.7. The Morgan fingerprint density at radius 3 is 1.34 bits per heavy atom. The first-order valence-corrected chi connectivity index (χ1v) is 34.7. The van der Waals surface area contributed by atoms with Crippen LogP contribution in [-0.2, 0) is 76.8 Å². The maximum Gasteiger partial charge on any atom is 0.328 e. The molecular weight excluding hydrogens is 1370 g/mol. The molecule has 1 aliphatic heterocycles. The molecule has 0 bridgehead atoms. The molecule has 35 heteroatoms. The van der Waals surface area contributed by atoms with Crippen molar-refractivity contribution in [3.8, 4) is 5.75 Å². The third-order valence-electron chi connectivity index (χ3n) is 16.8. The number of unbranched alkanes of at least 4 members (excludes halogenated alkanes) is 1. The number of aliphatic carboxylic acids is 4. The Bertz CT molecular complexity index is 3440. The number of carboxylic acid groups (broad SMARTS) is 4. The van der Waals surface area contributed by atoms with E-state index in [0.717, 1.165) is 13.8 Å². The van der Waals surface area contributed by atoms with Crippen LogP contribution in [0.2, 0.25) is 0 Å². The van der Waals surface area contributed by atoms with Crippen LogP contribution in [0.5, 0.6) is 5.75 Å². The highest BCUT2D eigenvalue weighted by atomic mass is 32.1. The number of phenolic OH excluding ortho intramolecular Hbond substituents is 1. The summed E-state index contributed by atoms with van der Waals surface area (Å²) in [6.07, 6.45) is -1.01. The predicted octanol–water partition coefficient (Wildman–Crippen LogP) is -3.13. The zero-order valence-electron chi connectivity index (χ0n) is 56.9. The summed E-state index contributed by atoms with van der Waals surface area (Å²) < 4.78 is 0. The molecule has 8 amide bonds. The molecule has 0 spiro atoms. The van der Waals surface area contributed by atoms with Crippen molar-refractivity contribution in [3.63, 3.8) is 0 Å². The topological polar surface area (TPSA) is 497 Å². The van der Waals surface area contributed by atoms with Gasteiger partial charge in [-0.25, -0.2) is 4.79 Å². The second kappa shape index (κ2) is 43.1. The number of nitrogens with one attached hydrogen (secondary N) is 9. The van der Waals surface area contributed by atoms with E-state index in [1.54, 1.807) is 80.4 Å². The van der Waals surface area contributed by atoms with E-state index in [2.05, 4.69) is 72.8 Å². The van der Waals surface area contributed by atoms with Crippen molar-refractivity contribution in [2.75, 3.05) is 96.6 Å². The summed E-state index contributed by atoms with van der Waals surface area (Å²) in [4.78, 5) is 172. The number of aromatic hydroxyl groups is 1. The van der Waals surface area contributed by atoms with Gasteiger partial charge in [0.1, 0.15) is 48.0 Å². The summed E-state index contributed by atoms with van der Waals surface area (Å²) >= 11 is 8.53. The number of carbonyl (C=O) groups is 12. The summed E-state index contributed by atoms with van der Waals surface area (Å²) in [7, 11) is 0. The molecule has 4 aromatic rings. The number of hydrogen-bond acceptors (Lipinski definition) is 22. The molecule has 560 valence electrons. The fourth-order valence-electron chi connectivity index (χ4n) is 11.4. The number of thiol groups is 2. The van der Waals surface area contributed by atoms with Crippen LogP contribution in [-0.4, -0.2) is 289 Å². The maximum atomic E-state index is 15.1. The van der Waals surface area contributed by atoms with Crippen LogP contribution in [0.25, 0.3) is 10.9 Å². The minimum absolute atomic E-state index is 0.0897. The number of amides is 8. The van der Waals surface area contributed by atoms with Crippen molar-refractivity contribution >= 4 is 107 Å². The number of carbonyl (C=O) groups excluding carboxylic acids is 8. The number of aliphatic hydroxyl groups is 2. The van der Waals surface area contributed by atoms with Gasteiger partial charge in [0.25, 0.3) is 0 Å². The third-order valence-corrected chi connectivity index (χ3v) is 17.5. The van der Waals surface area contributed by atoms with Crippen LogP contribution in [0, 0.1) is 0 Å². The average molecular weight is 1470 g/mol. The van der Waals surface area contributed by atoms with E-state index in [1.165, 1.54) is 24.3 Å². The minimum Gasteiger partial charge on any atom is -0.508 e. The molecule has 3 aromatic carbocycles. The first-order chi connectivity index (χ1) is 48.6. The Labute approximate surface area is 600 Å². The number of fused-ring (bicyclic) bond motifs is 1. The Morgan fingerprint density at radius 1 is 0.461 bits per heavy atom. The molecule has 10 atom stereocenters. The number of hydrogen-bond donors (Lipinski definition) is 19. The smallest absolute Gasteiger partial charge is 0.328 e. The number of nitrogens with zero attached hydrogens (tertiary/aromatic N) is 4. The van der Waals surface area contributed by atoms with Crippen molar-refractivity contribution in [2.24, 2.45) is 5.73 Å². The molecular formula is C67H96N14O19S2. The Kier molecular flexibility index (Phi) is 35.4. The predicted molar refractivity (Wildman–Crippen MR) is 379 cm³/mol. The number of aromatic nitrogens is 1. The zero-order valence-corrected chi connectivity index (χ0v) is 58.7. The number of para-hydroxylation sites is 1. The van der Waals surface area contributed by atoms with Gasteiger partial charge in [0, 0.05) is 93.7 Å². The van der Waals surface area contributed by atoms with Gasteiger partial charge in [-0.3, -0.25) is 72.3 Å². The first-order valence-electron chi connectivity index (χ1n) is 33.4. The van der Waals surface area contributed by atoms with Gasteiger partial charge in [-0.1, -0.05) is 60.7 Å². The van der Waals surface area contributed by atoms with E-state index in [9.17, 15) is 88.5 Å². The van der Waals surface area contributed by atoms with Crippen LogP contribution in [0.4, 0.5) is 0 Å². The summed E-state index contributed by atoms with van der Waals surface area (Å²) in [5.41, 5.74) is 8.01. The van der Waals surface area contributed by atoms with E-state index in [4.69, 9.17) is 5.73 Å². The van der Waals surface area contributed by atoms with Gasteiger partial charge in [-0.05, 0) is 93.9 Å². The van der Waals surface area contributed by atoms with E-state index in [1.807, 2.05) is 0 Å². The van der Waals surface area contributed by atoms with Gasteiger partial charge in [-0.15, -0.1) is 0 Å². The lowest BCUT2D eigenvalue weighted by Gasteiger charge is -2.31. The molecule has 2 heterocycles. The standard InChI is InChI=1S/C67H96N14O19S2/c1-40(82)58(66(98)75-53(39-102)65(97)77-59(41(2)83)67(99)100)76-60(92)48(16-8-9-21-68)71-63(95)51(32-44-33-69-47-15-7-6-14-46(44)47)73-62(94)50(31-43-17-19-45(84)20-18-43)72-64(96)52(38-101)74-61(93)49(30-42-12-4-3-5-13-42)70-54(85)34-78-22-10-23-80(36-56(88)89)28-29-81(37-57(90)91)25-11-24-79(27-26-78)35-55(86)87/h3-7,12-15,17-20,33,40-41,48-53,58-59,69,82-84,101-102H,8-11,16,21-32,34-39,68H2,1-2H3,(H,70,85)(H,71,95)(H,72,96)(H,73,94)(H,74,93)(H,75,98)(H,76,92)(H,77,97)(H,86,87)(H,88,89)(H,90,91)(H,99,100)/t40-,41-,48+,49-,50+,51-,52+,53+,58+,59+/m1/s1. The molecule has 1 aromatic heterocycles. The number of carboxylic acids is 4. The number of rotatable bonds is 38. The zero-order chi connectivity index (χ0) is 75.0.